The number of benzene rings is 1. The highest BCUT2D eigenvalue weighted by atomic mass is 16.5. The summed E-state index contributed by atoms with van der Waals surface area (Å²) in [4.78, 5) is 16.5. The van der Waals surface area contributed by atoms with Crippen LogP contribution in [0.3, 0.4) is 0 Å². The standard InChI is InChI=1S/C19H20N4O2/c1-3-25-17-6-4-15(5-7-17)19(24)21-12-14-10-16(13-20-11-14)18-8-9-22-23(18)2/h4-11,13H,3,12H2,1-2H3,(H,21,24). The fourth-order valence-corrected chi connectivity index (χ4v) is 2.53. The van der Waals surface area contributed by atoms with Crippen molar-refractivity contribution in [3.8, 4) is 17.0 Å². The minimum atomic E-state index is -0.131. The van der Waals surface area contributed by atoms with E-state index in [1.165, 1.54) is 0 Å². The Bertz CT molecular complexity index is 856. The number of pyridine rings is 1. The predicted molar refractivity (Wildman–Crippen MR) is 95.2 cm³/mol. The van der Waals surface area contributed by atoms with Gasteiger partial charge in [0.05, 0.1) is 12.3 Å². The van der Waals surface area contributed by atoms with Gasteiger partial charge in [0.1, 0.15) is 5.75 Å². The summed E-state index contributed by atoms with van der Waals surface area (Å²) in [6.45, 7) is 2.94. The number of carbonyl (C=O) groups excluding carboxylic acids is 1. The first kappa shape index (κ1) is 16.7. The van der Waals surface area contributed by atoms with Gasteiger partial charge in [0.2, 0.25) is 0 Å². The molecule has 6 heteroatoms. The Balaban J connectivity index is 1.65. The molecule has 3 rings (SSSR count). The average molecular weight is 336 g/mol. The van der Waals surface area contributed by atoms with Gasteiger partial charge in [-0.25, -0.2) is 0 Å². The molecule has 128 valence electrons. The van der Waals surface area contributed by atoms with E-state index in [-0.39, 0.29) is 5.91 Å². The van der Waals surface area contributed by atoms with Gasteiger partial charge in [-0.2, -0.15) is 5.10 Å². The third-order valence-electron chi connectivity index (χ3n) is 3.79. The van der Waals surface area contributed by atoms with Gasteiger partial charge in [-0.3, -0.25) is 14.5 Å². The van der Waals surface area contributed by atoms with Crippen molar-refractivity contribution in [2.45, 2.75) is 13.5 Å². The zero-order valence-electron chi connectivity index (χ0n) is 14.3. The number of nitrogens with zero attached hydrogens (tertiary/aromatic N) is 3. The molecule has 1 N–H and O–H groups in total. The number of amides is 1. The molecule has 0 bridgehead atoms. The third-order valence-corrected chi connectivity index (χ3v) is 3.79. The van der Waals surface area contributed by atoms with Gasteiger partial charge in [-0.05, 0) is 48.9 Å². The zero-order chi connectivity index (χ0) is 17.6. The second-order valence-electron chi connectivity index (χ2n) is 5.56. The van der Waals surface area contributed by atoms with E-state index in [9.17, 15) is 4.79 Å². The smallest absolute Gasteiger partial charge is 0.251 e. The van der Waals surface area contributed by atoms with Crippen LogP contribution in [0.4, 0.5) is 0 Å². The Labute approximate surface area is 146 Å². The predicted octanol–water partition coefficient (Wildman–Crippen LogP) is 2.81. The fraction of sp³-hybridized carbons (Fsp3) is 0.211. The first-order chi connectivity index (χ1) is 12.2. The molecule has 0 radical (unpaired) electrons. The summed E-state index contributed by atoms with van der Waals surface area (Å²) in [5.41, 5.74) is 3.47. The summed E-state index contributed by atoms with van der Waals surface area (Å²) >= 11 is 0. The van der Waals surface area contributed by atoms with Crippen molar-refractivity contribution < 1.29 is 9.53 Å². The van der Waals surface area contributed by atoms with Crippen molar-refractivity contribution >= 4 is 5.91 Å². The molecule has 0 saturated heterocycles. The molecule has 2 aromatic heterocycles. The minimum Gasteiger partial charge on any atom is -0.494 e. The summed E-state index contributed by atoms with van der Waals surface area (Å²) in [5, 5.41) is 7.08. The topological polar surface area (TPSA) is 69.0 Å². The number of rotatable bonds is 6. The van der Waals surface area contributed by atoms with E-state index in [1.54, 1.807) is 47.5 Å². The first-order valence-corrected chi connectivity index (χ1v) is 8.10. The molecule has 0 spiro atoms. The van der Waals surface area contributed by atoms with Crippen LogP contribution in [0.1, 0.15) is 22.8 Å². The van der Waals surface area contributed by atoms with Crippen LogP contribution in [0, 0.1) is 0 Å². The number of hydrogen-bond acceptors (Lipinski definition) is 4. The van der Waals surface area contributed by atoms with Crippen LogP contribution in [0.2, 0.25) is 0 Å². The van der Waals surface area contributed by atoms with Crippen molar-refractivity contribution in [3.63, 3.8) is 0 Å². The highest BCUT2D eigenvalue weighted by Gasteiger charge is 2.08. The Hall–Kier alpha value is -3.15. The monoisotopic (exact) mass is 336 g/mol. The van der Waals surface area contributed by atoms with Crippen LogP contribution in [-0.2, 0) is 13.6 Å². The lowest BCUT2D eigenvalue weighted by molar-refractivity contribution is 0.0951. The molecule has 1 amide bonds. The summed E-state index contributed by atoms with van der Waals surface area (Å²) in [6.07, 6.45) is 5.28. The molecule has 0 unspecified atom stereocenters. The molecule has 6 nitrogen and oxygen atoms in total. The summed E-state index contributed by atoms with van der Waals surface area (Å²) < 4.78 is 7.17. The number of aromatic nitrogens is 3. The molecular formula is C19H20N4O2. The molecule has 0 aliphatic carbocycles. The number of ether oxygens (including phenoxy) is 1. The van der Waals surface area contributed by atoms with Gasteiger partial charge in [0.25, 0.3) is 5.91 Å². The van der Waals surface area contributed by atoms with Gasteiger partial charge in [-0.15, -0.1) is 0 Å². The van der Waals surface area contributed by atoms with Crippen molar-refractivity contribution in [2.75, 3.05) is 6.61 Å². The van der Waals surface area contributed by atoms with Crippen molar-refractivity contribution in [3.05, 3.63) is 66.1 Å². The van der Waals surface area contributed by atoms with Crippen LogP contribution >= 0.6 is 0 Å². The molecule has 0 aliphatic rings. The molecular weight excluding hydrogens is 316 g/mol. The maximum atomic E-state index is 12.3. The summed E-state index contributed by atoms with van der Waals surface area (Å²) in [6, 6.07) is 11.0. The van der Waals surface area contributed by atoms with E-state index < -0.39 is 0 Å². The second kappa shape index (κ2) is 7.61. The van der Waals surface area contributed by atoms with Crippen molar-refractivity contribution in [1.82, 2.24) is 20.1 Å². The lowest BCUT2D eigenvalue weighted by atomic mass is 10.1. The molecule has 1 aromatic carbocycles. The molecule has 2 heterocycles. The highest BCUT2D eigenvalue weighted by Crippen LogP contribution is 2.18. The molecule has 0 fully saturated rings. The lowest BCUT2D eigenvalue weighted by Crippen LogP contribution is -2.22. The Morgan fingerprint density at radius 3 is 2.68 bits per heavy atom. The summed E-state index contributed by atoms with van der Waals surface area (Å²) in [7, 11) is 1.88. The molecule has 0 saturated carbocycles. The van der Waals surface area contributed by atoms with Crippen LogP contribution < -0.4 is 10.1 Å². The van der Waals surface area contributed by atoms with Crippen LogP contribution in [0.25, 0.3) is 11.3 Å². The number of hydrogen-bond donors (Lipinski definition) is 1. The molecule has 3 aromatic rings. The Kier molecular flexibility index (Phi) is 5.09. The minimum absolute atomic E-state index is 0.131. The van der Waals surface area contributed by atoms with E-state index in [1.807, 2.05) is 26.1 Å². The summed E-state index contributed by atoms with van der Waals surface area (Å²) in [5.74, 6) is 0.626. The highest BCUT2D eigenvalue weighted by molar-refractivity contribution is 5.94. The number of nitrogens with one attached hydrogen (secondary N) is 1. The lowest BCUT2D eigenvalue weighted by Gasteiger charge is -2.08. The van der Waals surface area contributed by atoms with Crippen molar-refractivity contribution in [1.29, 1.82) is 0 Å². The van der Waals surface area contributed by atoms with Gasteiger partial charge >= 0.3 is 0 Å². The Morgan fingerprint density at radius 2 is 2.00 bits per heavy atom. The third kappa shape index (κ3) is 4.03. The molecule has 0 atom stereocenters. The average Bonchev–Trinajstić information content (AvgIpc) is 3.07. The second-order valence-corrected chi connectivity index (χ2v) is 5.56. The van der Waals surface area contributed by atoms with Gasteiger partial charge in [0.15, 0.2) is 0 Å². The maximum absolute atomic E-state index is 12.3. The fourth-order valence-electron chi connectivity index (χ4n) is 2.53. The van der Waals surface area contributed by atoms with Crippen LogP contribution in [0.5, 0.6) is 5.75 Å². The number of carbonyl (C=O) groups is 1. The Morgan fingerprint density at radius 1 is 1.20 bits per heavy atom. The number of aryl methyl sites for hydroxylation is 1. The quantitative estimate of drug-likeness (QED) is 0.751. The first-order valence-electron chi connectivity index (χ1n) is 8.10. The zero-order valence-corrected chi connectivity index (χ0v) is 14.3. The van der Waals surface area contributed by atoms with E-state index in [0.717, 1.165) is 22.6 Å². The van der Waals surface area contributed by atoms with E-state index in [2.05, 4.69) is 15.4 Å². The molecule has 0 aliphatic heterocycles. The van der Waals surface area contributed by atoms with E-state index in [0.29, 0.717) is 18.7 Å². The maximum Gasteiger partial charge on any atom is 0.251 e. The van der Waals surface area contributed by atoms with Gasteiger partial charge in [-0.1, -0.05) is 0 Å². The van der Waals surface area contributed by atoms with Crippen LogP contribution in [-0.4, -0.2) is 27.3 Å². The van der Waals surface area contributed by atoms with E-state index in [4.69, 9.17) is 4.74 Å². The van der Waals surface area contributed by atoms with Crippen molar-refractivity contribution in [2.24, 2.45) is 7.05 Å². The SMILES string of the molecule is CCOc1ccc(C(=O)NCc2cncc(-c3ccnn3C)c2)cc1. The van der Waals surface area contributed by atoms with Gasteiger partial charge in [0, 0.05) is 43.3 Å². The normalized spacial score (nSPS) is 10.5. The van der Waals surface area contributed by atoms with Crippen LogP contribution in [0.15, 0.2) is 55.0 Å². The van der Waals surface area contributed by atoms with Gasteiger partial charge < -0.3 is 10.1 Å². The molecule has 25 heavy (non-hydrogen) atoms. The van der Waals surface area contributed by atoms with E-state index >= 15 is 0 Å². The largest absolute Gasteiger partial charge is 0.494 e.